The lowest BCUT2D eigenvalue weighted by Gasteiger charge is -2.72. The minimum absolute atomic E-state index is 0.0861. The van der Waals surface area contributed by atoms with Crippen LogP contribution in [0, 0.1) is 45.3 Å². The molecule has 18 nitrogen and oxygen atoms in total. The van der Waals surface area contributed by atoms with Crippen LogP contribution in [0.3, 0.4) is 0 Å². The van der Waals surface area contributed by atoms with Gasteiger partial charge in [-0.15, -0.1) is 0 Å². The van der Waals surface area contributed by atoms with E-state index in [1.807, 2.05) is 34.6 Å². The Morgan fingerprint density at radius 2 is 1.27 bits per heavy atom. The lowest BCUT2D eigenvalue weighted by atomic mass is 9.34. The van der Waals surface area contributed by atoms with Gasteiger partial charge in [0.25, 0.3) is 0 Å². The van der Waals surface area contributed by atoms with E-state index in [4.69, 9.17) is 28.4 Å². The van der Waals surface area contributed by atoms with E-state index in [1.54, 1.807) is 0 Å². The van der Waals surface area contributed by atoms with E-state index in [-0.39, 0.29) is 23.7 Å². The smallest absolute Gasteiger partial charge is 0.187 e. The van der Waals surface area contributed by atoms with Crippen LogP contribution in [-0.4, -0.2) is 191 Å². The van der Waals surface area contributed by atoms with Gasteiger partial charge in [-0.25, -0.2) is 0 Å². The third kappa shape index (κ3) is 8.69. The Hall–Kier alpha value is -0.980. The second-order valence-electron chi connectivity index (χ2n) is 23.0. The van der Waals surface area contributed by atoms with Crippen molar-refractivity contribution < 1.29 is 89.7 Å². The van der Waals surface area contributed by atoms with Gasteiger partial charge in [0.05, 0.1) is 43.2 Å². The molecule has 7 aliphatic rings. The number of allylic oxidation sites excluding steroid dienone is 2. The summed E-state index contributed by atoms with van der Waals surface area (Å²) in [6.45, 7) is 16.8. The maximum atomic E-state index is 12.7. The fourth-order valence-electron chi connectivity index (χ4n) is 14.9. The summed E-state index contributed by atoms with van der Waals surface area (Å²) in [5, 5.41) is 132. The van der Waals surface area contributed by atoms with Gasteiger partial charge in [0.15, 0.2) is 18.9 Å². The Balaban J connectivity index is 1.27. The molecule has 0 bridgehead atoms. The fraction of sp³-hybridized carbons (Fsp3) is 0.958. The molecule has 0 amide bonds. The zero-order chi connectivity index (χ0) is 48.8. The molecule has 0 aromatic heterocycles. The van der Waals surface area contributed by atoms with Crippen molar-refractivity contribution in [2.75, 3.05) is 13.2 Å². The molecule has 66 heavy (non-hydrogen) atoms. The van der Waals surface area contributed by atoms with E-state index < -0.39 is 151 Å². The summed E-state index contributed by atoms with van der Waals surface area (Å²) in [6.07, 6.45) is -18.3. The number of rotatable bonds is 12. The van der Waals surface area contributed by atoms with Crippen LogP contribution in [0.5, 0.6) is 0 Å². The highest BCUT2D eigenvalue weighted by molar-refractivity contribution is 5.22. The van der Waals surface area contributed by atoms with Crippen molar-refractivity contribution in [3.63, 3.8) is 0 Å². The number of fused-ring (bicyclic) bond motifs is 5. The first-order chi connectivity index (χ1) is 30.7. The van der Waals surface area contributed by atoms with Crippen molar-refractivity contribution in [1.82, 2.24) is 0 Å². The first-order valence-corrected chi connectivity index (χ1v) is 24.3. The van der Waals surface area contributed by atoms with Gasteiger partial charge in [-0.1, -0.05) is 46.3 Å². The molecule has 4 aliphatic carbocycles. The molecule has 18 heteroatoms. The predicted molar refractivity (Wildman–Crippen MR) is 234 cm³/mol. The molecule has 4 saturated carbocycles. The van der Waals surface area contributed by atoms with Crippen molar-refractivity contribution in [1.29, 1.82) is 0 Å². The van der Waals surface area contributed by atoms with Crippen molar-refractivity contribution in [3.8, 4) is 0 Å². The molecule has 0 aromatic carbocycles. The van der Waals surface area contributed by atoms with Gasteiger partial charge in [0.2, 0.25) is 0 Å². The number of hydrogen-bond acceptors (Lipinski definition) is 18. The second kappa shape index (κ2) is 19.2. The topological polar surface area (TPSA) is 298 Å². The normalized spacial score (nSPS) is 53.5. The molecule has 7 rings (SSSR count). The molecule has 0 aromatic rings. The molecule has 0 unspecified atom stereocenters. The van der Waals surface area contributed by atoms with Crippen LogP contribution in [0.15, 0.2) is 11.6 Å². The van der Waals surface area contributed by atoms with Gasteiger partial charge in [0.1, 0.15) is 67.1 Å². The average molecular weight is 947 g/mol. The van der Waals surface area contributed by atoms with Gasteiger partial charge in [-0.05, 0) is 124 Å². The van der Waals surface area contributed by atoms with Gasteiger partial charge in [0, 0.05) is 0 Å². The van der Waals surface area contributed by atoms with Crippen LogP contribution in [0.1, 0.15) is 114 Å². The lowest BCUT2D eigenvalue weighted by molar-refractivity contribution is -0.382. The maximum absolute atomic E-state index is 12.7. The highest BCUT2D eigenvalue weighted by Gasteiger charge is 2.74. The van der Waals surface area contributed by atoms with Crippen molar-refractivity contribution in [3.05, 3.63) is 11.6 Å². The standard InChI is InChI=1S/C48H82O18/c1-21(2)11-10-14-48(9,66-42-38(60)35(57)32(54)26(19-49)63-42)23-12-16-46(7)30(23)24(51)17-28-45(6)15-13-29(52)44(4,5)40(45)25(18-47(28,46)8)62-43-39(36(58)33(55)27(20-50)64-43)65-41-37(59)34(56)31(53)22(3)61-41/h11,22-43,49-60H,10,12-20H2,1-9H3/t22-,23-,24+,25-,26-,27+,28+,29-,30-,31-,32-,33+,34+,35+,36-,37+,38-,39+,40+,41-,42+,43+,45+,46+,47+,48-/m0/s1. The Bertz CT molecular complexity index is 1700. The van der Waals surface area contributed by atoms with Crippen LogP contribution in [0.4, 0.5) is 0 Å². The lowest BCUT2D eigenvalue weighted by Crippen LogP contribution is -2.71. The quantitative estimate of drug-likeness (QED) is 0.0904. The van der Waals surface area contributed by atoms with Gasteiger partial charge >= 0.3 is 0 Å². The zero-order valence-corrected chi connectivity index (χ0v) is 40.2. The Labute approximate surface area is 388 Å². The van der Waals surface area contributed by atoms with Crippen molar-refractivity contribution >= 4 is 0 Å². The molecule has 26 atom stereocenters. The number of ether oxygens (including phenoxy) is 6. The summed E-state index contributed by atoms with van der Waals surface area (Å²) >= 11 is 0. The first kappa shape index (κ1) is 52.8. The molecule has 7 fully saturated rings. The SMILES string of the molecule is CC(C)=CCC[C@](C)(O[C@H]1O[C@@H](CO)[C@H](O)[C@@H](O)[C@@H]1O)[C@H]1CC[C@]2(C)[C@@H]1[C@H](O)C[C@@H]1[C@@]3(C)CC[C@H](O)C(C)(C)[C@H]3[C@@H](O[C@@H]3O[C@H](CO)[C@@H](O)[C@H](O)[C@H]3O[C@@H]3O[C@@H](C)[C@H](O)[C@@H](O)[C@H]3O)C[C@]12C. The maximum Gasteiger partial charge on any atom is 0.187 e. The largest absolute Gasteiger partial charge is 0.394 e. The second-order valence-corrected chi connectivity index (χ2v) is 23.0. The van der Waals surface area contributed by atoms with Gasteiger partial charge in [-0.2, -0.15) is 0 Å². The van der Waals surface area contributed by atoms with Gasteiger partial charge < -0.3 is 89.7 Å². The van der Waals surface area contributed by atoms with Crippen LogP contribution < -0.4 is 0 Å². The summed E-state index contributed by atoms with van der Waals surface area (Å²) in [5.41, 5.74) is -2.43. The highest BCUT2D eigenvalue weighted by Crippen LogP contribution is 2.76. The molecule has 3 aliphatic heterocycles. The minimum Gasteiger partial charge on any atom is -0.394 e. The highest BCUT2D eigenvalue weighted by atomic mass is 16.8. The van der Waals surface area contributed by atoms with E-state index in [2.05, 4.69) is 26.8 Å². The van der Waals surface area contributed by atoms with Crippen LogP contribution in [0.2, 0.25) is 0 Å². The average Bonchev–Trinajstić information content (AvgIpc) is 3.64. The summed E-state index contributed by atoms with van der Waals surface area (Å²) in [4.78, 5) is 0. The van der Waals surface area contributed by atoms with E-state index >= 15 is 0 Å². The number of aliphatic hydroxyl groups excluding tert-OH is 12. The van der Waals surface area contributed by atoms with Crippen molar-refractivity contribution in [2.45, 2.75) is 230 Å². The molecule has 12 N–H and O–H groups in total. The summed E-state index contributed by atoms with van der Waals surface area (Å²) in [5.74, 6) is -1.12. The Morgan fingerprint density at radius 1 is 0.682 bits per heavy atom. The number of hydrogen-bond donors (Lipinski definition) is 12. The molecule has 3 heterocycles. The molecule has 0 spiro atoms. The third-order valence-electron chi connectivity index (χ3n) is 18.7. The number of aliphatic hydroxyl groups is 12. The molecular formula is C48H82O18. The molecule has 0 radical (unpaired) electrons. The van der Waals surface area contributed by atoms with E-state index in [0.29, 0.717) is 51.4 Å². The van der Waals surface area contributed by atoms with Crippen LogP contribution in [0.25, 0.3) is 0 Å². The predicted octanol–water partition coefficient (Wildman–Crippen LogP) is -0.0284. The molecule has 382 valence electrons. The summed E-state index contributed by atoms with van der Waals surface area (Å²) < 4.78 is 38.1. The van der Waals surface area contributed by atoms with E-state index in [0.717, 1.165) is 5.57 Å². The molecular weight excluding hydrogens is 865 g/mol. The van der Waals surface area contributed by atoms with E-state index in [9.17, 15) is 61.3 Å². The van der Waals surface area contributed by atoms with Crippen LogP contribution >= 0.6 is 0 Å². The van der Waals surface area contributed by atoms with Crippen LogP contribution in [-0.2, 0) is 28.4 Å². The van der Waals surface area contributed by atoms with Crippen molar-refractivity contribution in [2.24, 2.45) is 45.3 Å². The Morgan fingerprint density at radius 3 is 1.89 bits per heavy atom. The third-order valence-corrected chi connectivity index (χ3v) is 18.7. The molecule has 3 saturated heterocycles. The Kier molecular flexibility index (Phi) is 15.4. The first-order valence-electron chi connectivity index (χ1n) is 24.3. The summed E-state index contributed by atoms with van der Waals surface area (Å²) in [7, 11) is 0. The van der Waals surface area contributed by atoms with E-state index in [1.165, 1.54) is 6.92 Å². The van der Waals surface area contributed by atoms with Gasteiger partial charge in [-0.3, -0.25) is 0 Å². The zero-order valence-electron chi connectivity index (χ0n) is 40.2. The fourth-order valence-corrected chi connectivity index (χ4v) is 14.9. The monoisotopic (exact) mass is 947 g/mol. The minimum atomic E-state index is -1.75. The summed E-state index contributed by atoms with van der Waals surface area (Å²) in [6, 6.07) is 0.